The van der Waals surface area contributed by atoms with Crippen LogP contribution in [0.1, 0.15) is 59.1 Å². The fourth-order valence-corrected chi connectivity index (χ4v) is 3.87. The maximum Gasteiger partial charge on any atom is 0.328 e. The monoisotopic (exact) mass is 379 g/mol. The summed E-state index contributed by atoms with van der Waals surface area (Å²) in [5.74, 6) is 0.155. The van der Waals surface area contributed by atoms with Crippen molar-refractivity contribution in [2.24, 2.45) is 0 Å². The molecule has 0 aliphatic carbocycles. The standard InChI is InChI=1S/C23H25NO4/c1-13(2)16-5-7-17(8-6-16)19-11-28-23-18(9-10-20(26)27)14(3)22(24-12-25)15(4)21(19)23/h5-10,12-13,19H,11H2,1-4H3,(H,24,25)(H,26,27)/b10-9+. The zero-order valence-corrected chi connectivity index (χ0v) is 16.6. The molecule has 0 bridgehead atoms. The first-order valence-corrected chi connectivity index (χ1v) is 9.36. The van der Waals surface area contributed by atoms with E-state index in [1.54, 1.807) is 0 Å². The summed E-state index contributed by atoms with van der Waals surface area (Å²) in [6.45, 7) is 8.62. The van der Waals surface area contributed by atoms with E-state index in [1.165, 1.54) is 11.6 Å². The highest BCUT2D eigenvalue weighted by Gasteiger charge is 2.32. The van der Waals surface area contributed by atoms with Gasteiger partial charge in [0.1, 0.15) is 5.75 Å². The number of fused-ring (bicyclic) bond motifs is 1. The molecular formula is C23H25NO4. The number of ether oxygens (including phenoxy) is 1. The molecular weight excluding hydrogens is 354 g/mol. The number of carboxylic acids is 1. The van der Waals surface area contributed by atoms with Crippen molar-refractivity contribution in [3.05, 3.63) is 63.7 Å². The Morgan fingerprint density at radius 3 is 2.46 bits per heavy atom. The molecule has 1 aliphatic heterocycles. The number of nitrogens with one attached hydrogen (secondary N) is 1. The molecule has 5 heteroatoms. The molecule has 0 saturated heterocycles. The molecule has 0 fully saturated rings. The lowest BCUT2D eigenvalue weighted by atomic mass is 9.85. The Hall–Kier alpha value is -3.08. The first-order chi connectivity index (χ1) is 13.3. The fraction of sp³-hybridized carbons (Fsp3) is 0.304. The summed E-state index contributed by atoms with van der Waals surface area (Å²) in [4.78, 5) is 22.2. The highest BCUT2D eigenvalue weighted by molar-refractivity contribution is 5.89. The lowest BCUT2D eigenvalue weighted by Crippen LogP contribution is -2.07. The van der Waals surface area contributed by atoms with E-state index in [2.05, 4.69) is 43.4 Å². The molecule has 5 nitrogen and oxygen atoms in total. The van der Waals surface area contributed by atoms with Gasteiger partial charge in [-0.15, -0.1) is 0 Å². The van der Waals surface area contributed by atoms with Crippen molar-refractivity contribution in [2.75, 3.05) is 11.9 Å². The van der Waals surface area contributed by atoms with E-state index in [9.17, 15) is 9.59 Å². The minimum absolute atomic E-state index is 0.0287. The number of anilines is 1. The van der Waals surface area contributed by atoms with Gasteiger partial charge >= 0.3 is 5.97 Å². The third-order valence-electron chi connectivity index (χ3n) is 5.39. The van der Waals surface area contributed by atoms with Crippen molar-refractivity contribution >= 4 is 24.1 Å². The van der Waals surface area contributed by atoms with E-state index >= 15 is 0 Å². The molecule has 2 N–H and O–H groups in total. The lowest BCUT2D eigenvalue weighted by molar-refractivity contribution is -0.131. The van der Waals surface area contributed by atoms with E-state index < -0.39 is 5.97 Å². The van der Waals surface area contributed by atoms with E-state index in [4.69, 9.17) is 9.84 Å². The Bertz CT molecular complexity index is 942. The van der Waals surface area contributed by atoms with Crippen LogP contribution in [0, 0.1) is 13.8 Å². The van der Waals surface area contributed by atoms with Crippen LogP contribution >= 0.6 is 0 Å². The van der Waals surface area contributed by atoms with Crippen molar-refractivity contribution in [2.45, 2.75) is 39.5 Å². The molecule has 0 spiro atoms. The molecule has 0 saturated carbocycles. The summed E-state index contributed by atoms with van der Waals surface area (Å²) in [5.41, 5.74) is 6.54. The lowest BCUT2D eigenvalue weighted by Gasteiger charge is -2.19. The first kappa shape index (κ1) is 19.7. The van der Waals surface area contributed by atoms with Gasteiger partial charge in [0, 0.05) is 28.8 Å². The van der Waals surface area contributed by atoms with Gasteiger partial charge in [0.2, 0.25) is 6.41 Å². The van der Waals surface area contributed by atoms with Crippen molar-refractivity contribution in [3.8, 4) is 5.75 Å². The fourth-order valence-electron chi connectivity index (χ4n) is 3.87. The van der Waals surface area contributed by atoms with Gasteiger partial charge in [0.25, 0.3) is 0 Å². The van der Waals surface area contributed by atoms with Gasteiger partial charge in [0.15, 0.2) is 0 Å². The van der Waals surface area contributed by atoms with Crippen molar-refractivity contribution in [1.82, 2.24) is 0 Å². The Morgan fingerprint density at radius 2 is 1.89 bits per heavy atom. The highest BCUT2D eigenvalue weighted by atomic mass is 16.5. The van der Waals surface area contributed by atoms with E-state index in [-0.39, 0.29) is 5.92 Å². The molecule has 0 radical (unpaired) electrons. The summed E-state index contributed by atoms with van der Waals surface area (Å²) in [5, 5.41) is 11.8. The van der Waals surface area contributed by atoms with Crippen LogP contribution in [0.2, 0.25) is 0 Å². The number of carboxylic acid groups (broad SMARTS) is 1. The molecule has 3 rings (SSSR count). The number of benzene rings is 2. The largest absolute Gasteiger partial charge is 0.492 e. The average molecular weight is 379 g/mol. The van der Waals surface area contributed by atoms with Gasteiger partial charge in [-0.25, -0.2) is 4.79 Å². The quantitative estimate of drug-likeness (QED) is 0.567. The molecule has 1 heterocycles. The van der Waals surface area contributed by atoms with Crippen molar-refractivity contribution in [1.29, 1.82) is 0 Å². The highest BCUT2D eigenvalue weighted by Crippen LogP contribution is 2.47. The maximum atomic E-state index is 11.2. The molecule has 1 unspecified atom stereocenters. The zero-order chi connectivity index (χ0) is 20.4. The van der Waals surface area contributed by atoms with Crippen LogP contribution in [0.5, 0.6) is 5.75 Å². The van der Waals surface area contributed by atoms with Gasteiger partial charge in [0.05, 0.1) is 6.61 Å². The van der Waals surface area contributed by atoms with Crippen LogP contribution in [0.15, 0.2) is 30.3 Å². The van der Waals surface area contributed by atoms with Crippen LogP contribution in [0.25, 0.3) is 6.08 Å². The van der Waals surface area contributed by atoms with Crippen molar-refractivity contribution < 1.29 is 19.4 Å². The van der Waals surface area contributed by atoms with Crippen LogP contribution in [0.4, 0.5) is 5.69 Å². The number of aliphatic carboxylic acids is 1. The predicted molar refractivity (Wildman–Crippen MR) is 110 cm³/mol. The van der Waals surface area contributed by atoms with Crippen LogP contribution < -0.4 is 10.1 Å². The summed E-state index contributed by atoms with van der Waals surface area (Å²) in [7, 11) is 0. The smallest absolute Gasteiger partial charge is 0.328 e. The Kier molecular flexibility index (Phi) is 5.54. The topological polar surface area (TPSA) is 75.6 Å². The first-order valence-electron chi connectivity index (χ1n) is 9.36. The molecule has 2 aromatic rings. The molecule has 2 aromatic carbocycles. The van der Waals surface area contributed by atoms with E-state index in [0.717, 1.165) is 28.3 Å². The van der Waals surface area contributed by atoms with E-state index in [0.29, 0.717) is 35.9 Å². The van der Waals surface area contributed by atoms with Crippen LogP contribution in [0.3, 0.4) is 0 Å². The van der Waals surface area contributed by atoms with Crippen LogP contribution in [-0.4, -0.2) is 24.1 Å². The van der Waals surface area contributed by atoms with Gasteiger partial charge in [-0.3, -0.25) is 4.79 Å². The Labute approximate surface area is 165 Å². The third-order valence-corrected chi connectivity index (χ3v) is 5.39. The van der Waals surface area contributed by atoms with Gasteiger partial charge in [-0.1, -0.05) is 38.1 Å². The molecule has 1 amide bonds. The number of rotatable bonds is 6. The predicted octanol–water partition coefficient (Wildman–Crippen LogP) is 4.62. The molecule has 0 aromatic heterocycles. The zero-order valence-electron chi connectivity index (χ0n) is 16.6. The number of hydrogen-bond donors (Lipinski definition) is 2. The second-order valence-electron chi connectivity index (χ2n) is 7.40. The minimum Gasteiger partial charge on any atom is -0.492 e. The van der Waals surface area contributed by atoms with Crippen LogP contribution in [-0.2, 0) is 9.59 Å². The third kappa shape index (κ3) is 3.52. The summed E-state index contributed by atoms with van der Waals surface area (Å²) < 4.78 is 6.04. The molecule has 1 aliphatic rings. The summed E-state index contributed by atoms with van der Waals surface area (Å²) in [6.07, 6.45) is 3.28. The number of carbonyl (C=O) groups excluding carboxylic acids is 1. The number of amides is 1. The number of carbonyl (C=O) groups is 2. The summed E-state index contributed by atoms with van der Waals surface area (Å²) >= 11 is 0. The Balaban J connectivity index is 2.16. The molecule has 1 atom stereocenters. The normalized spacial score (nSPS) is 15.5. The maximum absolute atomic E-state index is 11.2. The second-order valence-corrected chi connectivity index (χ2v) is 7.40. The van der Waals surface area contributed by atoms with Gasteiger partial charge in [-0.2, -0.15) is 0 Å². The van der Waals surface area contributed by atoms with Crippen molar-refractivity contribution in [3.63, 3.8) is 0 Å². The van der Waals surface area contributed by atoms with E-state index in [1.807, 2.05) is 13.8 Å². The molecule has 28 heavy (non-hydrogen) atoms. The van der Waals surface area contributed by atoms with Gasteiger partial charge < -0.3 is 15.2 Å². The Morgan fingerprint density at radius 1 is 1.21 bits per heavy atom. The second kappa shape index (κ2) is 7.89. The number of hydrogen-bond acceptors (Lipinski definition) is 3. The molecule has 146 valence electrons. The van der Waals surface area contributed by atoms with Gasteiger partial charge in [-0.05, 0) is 48.1 Å². The SMILES string of the molecule is Cc1c(/C=C/C(=O)O)c2c(c(C)c1NC=O)C(c1ccc(C(C)C)cc1)CO2. The minimum atomic E-state index is -1.03. The average Bonchev–Trinajstić information content (AvgIpc) is 3.10. The summed E-state index contributed by atoms with van der Waals surface area (Å²) in [6, 6.07) is 8.52.